The number of amides is 3. The molecule has 2 atom stereocenters. The van der Waals surface area contributed by atoms with Crippen LogP contribution < -0.4 is 21.1 Å². The number of ether oxygens (including phenoxy) is 2. The number of alkyl carbamates (subject to hydrolysis) is 1. The third-order valence-corrected chi connectivity index (χ3v) is 3.26. The molecule has 1 aromatic rings. The monoisotopic (exact) mass is 353 g/mol. The highest BCUT2D eigenvalue weighted by molar-refractivity contribution is 5.98. The van der Waals surface area contributed by atoms with Crippen molar-refractivity contribution in [3.05, 3.63) is 24.0 Å². The number of rotatable bonds is 4. The number of fused-ring (bicyclic) bond motifs is 1. The first-order valence-corrected chi connectivity index (χ1v) is 7.61. The molecule has 1 aliphatic heterocycles. The standard InChI is InChI=1S/C16H20FN3O5/c1-16(2,3)25-15(23)20-10(13(18)21)7-11-14(22)19-9-6-4-5-8(17)12(9)24-11/h4-6,10-11H,7H2,1-3H3,(H2,18,21)(H,19,22)(H,20,23)/t10-,11-/m0/s1. The van der Waals surface area contributed by atoms with Crippen LogP contribution in [0.25, 0.3) is 0 Å². The molecule has 0 aromatic heterocycles. The molecule has 0 aliphatic carbocycles. The van der Waals surface area contributed by atoms with Gasteiger partial charge in [0.15, 0.2) is 17.7 Å². The zero-order chi connectivity index (χ0) is 18.8. The summed E-state index contributed by atoms with van der Waals surface area (Å²) in [6, 6.07) is 2.86. The van der Waals surface area contributed by atoms with Gasteiger partial charge in [-0.15, -0.1) is 0 Å². The number of benzene rings is 1. The molecular weight excluding hydrogens is 333 g/mol. The number of nitrogens with two attached hydrogens (primary N) is 1. The van der Waals surface area contributed by atoms with Gasteiger partial charge < -0.3 is 25.8 Å². The summed E-state index contributed by atoms with van der Waals surface area (Å²) in [5.74, 6) is -2.23. The number of hydrogen-bond acceptors (Lipinski definition) is 5. The van der Waals surface area contributed by atoms with E-state index in [4.69, 9.17) is 15.2 Å². The Morgan fingerprint density at radius 3 is 2.72 bits per heavy atom. The van der Waals surface area contributed by atoms with Gasteiger partial charge in [-0.2, -0.15) is 0 Å². The summed E-state index contributed by atoms with van der Waals surface area (Å²) < 4.78 is 24.2. The molecule has 136 valence electrons. The molecule has 0 saturated carbocycles. The van der Waals surface area contributed by atoms with Crippen molar-refractivity contribution in [3.8, 4) is 5.75 Å². The van der Waals surface area contributed by atoms with E-state index in [1.165, 1.54) is 18.2 Å². The van der Waals surface area contributed by atoms with Crippen LogP contribution in [0.4, 0.5) is 14.9 Å². The number of carbonyl (C=O) groups is 3. The summed E-state index contributed by atoms with van der Waals surface area (Å²) in [5, 5.41) is 4.78. The number of halogens is 1. The van der Waals surface area contributed by atoms with Crippen molar-refractivity contribution in [2.24, 2.45) is 5.73 Å². The van der Waals surface area contributed by atoms with Gasteiger partial charge in [-0.05, 0) is 32.9 Å². The Kier molecular flexibility index (Phi) is 5.15. The molecule has 1 heterocycles. The lowest BCUT2D eigenvalue weighted by Gasteiger charge is -2.28. The Labute approximate surface area is 143 Å². The minimum Gasteiger partial charge on any atom is -0.475 e. The minimum atomic E-state index is -1.22. The second kappa shape index (κ2) is 6.96. The number of hydrogen-bond donors (Lipinski definition) is 3. The molecule has 2 rings (SSSR count). The van der Waals surface area contributed by atoms with Crippen molar-refractivity contribution < 1.29 is 28.2 Å². The highest BCUT2D eigenvalue weighted by atomic mass is 19.1. The Morgan fingerprint density at radius 1 is 1.44 bits per heavy atom. The summed E-state index contributed by atoms with van der Waals surface area (Å²) in [6.45, 7) is 4.97. The lowest BCUT2D eigenvalue weighted by atomic mass is 10.1. The fraction of sp³-hybridized carbons (Fsp3) is 0.438. The Bertz CT molecular complexity index is 702. The van der Waals surface area contributed by atoms with E-state index in [1.807, 2.05) is 0 Å². The van der Waals surface area contributed by atoms with Gasteiger partial charge in [0.2, 0.25) is 5.91 Å². The predicted molar refractivity (Wildman–Crippen MR) is 86.4 cm³/mol. The largest absolute Gasteiger partial charge is 0.475 e. The summed E-state index contributed by atoms with van der Waals surface area (Å²) in [4.78, 5) is 35.5. The van der Waals surface area contributed by atoms with Gasteiger partial charge >= 0.3 is 6.09 Å². The third kappa shape index (κ3) is 4.82. The van der Waals surface area contributed by atoms with Crippen molar-refractivity contribution in [1.29, 1.82) is 0 Å². The van der Waals surface area contributed by atoms with Crippen molar-refractivity contribution in [2.75, 3.05) is 5.32 Å². The van der Waals surface area contributed by atoms with Crippen LogP contribution in [0.2, 0.25) is 0 Å². The second-order valence-corrected chi connectivity index (χ2v) is 6.55. The molecule has 1 aromatic carbocycles. The highest BCUT2D eigenvalue weighted by Gasteiger charge is 2.34. The van der Waals surface area contributed by atoms with Gasteiger partial charge in [-0.25, -0.2) is 9.18 Å². The molecule has 0 radical (unpaired) electrons. The van der Waals surface area contributed by atoms with E-state index >= 15 is 0 Å². The molecule has 3 amide bonds. The van der Waals surface area contributed by atoms with Crippen LogP contribution in [-0.4, -0.2) is 35.7 Å². The van der Waals surface area contributed by atoms with E-state index in [0.717, 1.165) is 0 Å². The lowest BCUT2D eigenvalue weighted by Crippen LogP contribution is -2.51. The number of carbonyl (C=O) groups excluding carboxylic acids is 3. The maximum Gasteiger partial charge on any atom is 0.408 e. The first-order valence-electron chi connectivity index (χ1n) is 7.61. The predicted octanol–water partition coefficient (Wildman–Crippen LogP) is 1.29. The van der Waals surface area contributed by atoms with Gasteiger partial charge in [-0.1, -0.05) is 6.07 Å². The maximum atomic E-state index is 13.8. The molecule has 0 saturated heterocycles. The molecular formula is C16H20FN3O5. The summed E-state index contributed by atoms with van der Waals surface area (Å²) >= 11 is 0. The van der Waals surface area contributed by atoms with E-state index in [1.54, 1.807) is 20.8 Å². The van der Waals surface area contributed by atoms with Gasteiger partial charge in [0.25, 0.3) is 5.91 Å². The SMILES string of the molecule is CC(C)(C)OC(=O)N[C@@H](C[C@@H]1Oc2c(F)cccc2NC1=O)C(N)=O. The maximum absolute atomic E-state index is 13.8. The van der Waals surface area contributed by atoms with Gasteiger partial charge in [0.1, 0.15) is 11.6 Å². The van der Waals surface area contributed by atoms with Crippen LogP contribution in [0, 0.1) is 5.82 Å². The molecule has 0 spiro atoms. The zero-order valence-corrected chi connectivity index (χ0v) is 14.1. The molecule has 4 N–H and O–H groups in total. The van der Waals surface area contributed by atoms with Crippen LogP contribution in [0.1, 0.15) is 27.2 Å². The van der Waals surface area contributed by atoms with Crippen molar-refractivity contribution in [3.63, 3.8) is 0 Å². The van der Waals surface area contributed by atoms with E-state index in [0.29, 0.717) is 0 Å². The molecule has 0 fully saturated rings. The molecule has 0 bridgehead atoms. The van der Waals surface area contributed by atoms with Crippen LogP contribution >= 0.6 is 0 Å². The Balaban J connectivity index is 2.09. The zero-order valence-electron chi connectivity index (χ0n) is 14.1. The third-order valence-electron chi connectivity index (χ3n) is 3.26. The highest BCUT2D eigenvalue weighted by Crippen LogP contribution is 2.33. The topological polar surface area (TPSA) is 120 Å². The van der Waals surface area contributed by atoms with Crippen molar-refractivity contribution in [1.82, 2.24) is 5.32 Å². The van der Waals surface area contributed by atoms with Crippen LogP contribution in [-0.2, 0) is 14.3 Å². The van der Waals surface area contributed by atoms with Gasteiger partial charge in [0, 0.05) is 6.42 Å². The summed E-state index contributed by atoms with van der Waals surface area (Å²) in [5.41, 5.74) is 4.69. The van der Waals surface area contributed by atoms with Crippen molar-refractivity contribution in [2.45, 2.75) is 44.9 Å². The first-order chi connectivity index (χ1) is 11.6. The van der Waals surface area contributed by atoms with Crippen LogP contribution in [0.15, 0.2) is 18.2 Å². The number of anilines is 1. The van der Waals surface area contributed by atoms with E-state index in [-0.39, 0.29) is 17.9 Å². The molecule has 25 heavy (non-hydrogen) atoms. The number of primary amides is 1. The van der Waals surface area contributed by atoms with Gasteiger partial charge in [-0.3, -0.25) is 9.59 Å². The fourth-order valence-corrected chi connectivity index (χ4v) is 2.20. The molecule has 0 unspecified atom stereocenters. The van der Waals surface area contributed by atoms with E-state index in [9.17, 15) is 18.8 Å². The van der Waals surface area contributed by atoms with Crippen LogP contribution in [0.3, 0.4) is 0 Å². The van der Waals surface area contributed by atoms with Crippen LogP contribution in [0.5, 0.6) is 5.75 Å². The average molecular weight is 353 g/mol. The first kappa shape index (κ1) is 18.5. The quantitative estimate of drug-likeness (QED) is 0.753. The molecule has 1 aliphatic rings. The number of para-hydroxylation sites is 1. The van der Waals surface area contributed by atoms with Gasteiger partial charge in [0.05, 0.1) is 5.69 Å². The summed E-state index contributed by atoms with van der Waals surface area (Å²) in [6.07, 6.45) is -2.33. The number of nitrogens with one attached hydrogen (secondary N) is 2. The molecule has 9 heteroatoms. The normalized spacial score (nSPS) is 17.6. The second-order valence-electron chi connectivity index (χ2n) is 6.55. The smallest absolute Gasteiger partial charge is 0.408 e. The average Bonchev–Trinajstić information content (AvgIpc) is 2.46. The van der Waals surface area contributed by atoms with E-state index < -0.39 is 41.5 Å². The Hall–Kier alpha value is -2.84. The minimum absolute atomic E-state index is 0.132. The fourth-order valence-electron chi connectivity index (χ4n) is 2.20. The molecule has 8 nitrogen and oxygen atoms in total. The Morgan fingerprint density at radius 2 is 2.12 bits per heavy atom. The summed E-state index contributed by atoms with van der Waals surface area (Å²) in [7, 11) is 0. The van der Waals surface area contributed by atoms with Crippen molar-refractivity contribution >= 4 is 23.6 Å². The van der Waals surface area contributed by atoms with E-state index in [2.05, 4.69) is 10.6 Å². The lowest BCUT2D eigenvalue weighted by molar-refractivity contribution is -0.125.